The maximum absolute atomic E-state index is 10.6. The molecule has 1 aliphatic heterocycles. The Kier molecular flexibility index (Phi) is 3.71. The summed E-state index contributed by atoms with van der Waals surface area (Å²) in [5, 5.41) is 8.49. The first kappa shape index (κ1) is 11.7. The number of carboxylic acid groups (broad SMARTS) is 1. The third kappa shape index (κ3) is 3.31. The zero-order chi connectivity index (χ0) is 9.19. The van der Waals surface area contributed by atoms with Crippen LogP contribution in [0.3, 0.4) is 0 Å². The Morgan fingerprint density at radius 2 is 2.31 bits per heavy atom. The minimum Gasteiger partial charge on any atom is -0.481 e. The molecule has 5 nitrogen and oxygen atoms in total. The summed E-state index contributed by atoms with van der Waals surface area (Å²) in [6.45, 7) is 1.81. The van der Waals surface area contributed by atoms with Crippen LogP contribution in [0.25, 0.3) is 0 Å². The first-order valence-corrected chi connectivity index (χ1v) is 3.59. The Hall–Kier alpha value is -1.26. The van der Waals surface area contributed by atoms with Gasteiger partial charge in [0.2, 0.25) is 0 Å². The van der Waals surface area contributed by atoms with E-state index in [4.69, 9.17) is 9.84 Å². The van der Waals surface area contributed by atoms with Gasteiger partial charge in [-0.25, -0.2) is 4.79 Å². The summed E-state index contributed by atoms with van der Waals surface area (Å²) in [5.41, 5.74) is -0.902. The molecule has 0 bridgehead atoms. The van der Waals surface area contributed by atoms with Gasteiger partial charge >= 0.3 is 12.1 Å². The molecule has 1 atom stereocenters. The minimum absolute atomic E-state index is 0. The van der Waals surface area contributed by atoms with E-state index >= 15 is 0 Å². The van der Waals surface area contributed by atoms with E-state index in [0.717, 1.165) is 0 Å². The monoisotopic (exact) mass is 190 g/mol. The standard InChI is InChI=1S/C7H10O5.CH4/c1-7(4-5(8)9)2-3-11-6(10)12-7;/h2-4H2,1H3,(H,8,9);1H4. The molecule has 13 heavy (non-hydrogen) atoms. The van der Waals surface area contributed by atoms with E-state index in [1.54, 1.807) is 6.92 Å². The van der Waals surface area contributed by atoms with Gasteiger partial charge in [0.05, 0.1) is 13.0 Å². The molecule has 76 valence electrons. The summed E-state index contributed by atoms with van der Waals surface area (Å²) in [7, 11) is 0. The largest absolute Gasteiger partial charge is 0.508 e. The van der Waals surface area contributed by atoms with E-state index in [-0.39, 0.29) is 20.5 Å². The summed E-state index contributed by atoms with van der Waals surface area (Å²) >= 11 is 0. The fraction of sp³-hybridized carbons (Fsp3) is 0.750. The molecule has 1 N–H and O–H groups in total. The van der Waals surface area contributed by atoms with Gasteiger partial charge in [0.15, 0.2) is 0 Å². The third-order valence-electron chi connectivity index (χ3n) is 1.71. The highest BCUT2D eigenvalue weighted by Crippen LogP contribution is 2.24. The first-order chi connectivity index (χ1) is 5.52. The van der Waals surface area contributed by atoms with Gasteiger partial charge in [-0.2, -0.15) is 0 Å². The van der Waals surface area contributed by atoms with Crippen LogP contribution in [0.15, 0.2) is 0 Å². The molecule has 1 heterocycles. The van der Waals surface area contributed by atoms with Crippen molar-refractivity contribution in [3.05, 3.63) is 0 Å². The lowest BCUT2D eigenvalue weighted by atomic mass is 9.98. The van der Waals surface area contributed by atoms with Crippen molar-refractivity contribution in [2.75, 3.05) is 6.61 Å². The molecule has 0 spiro atoms. The number of hydrogen-bond acceptors (Lipinski definition) is 4. The molecule has 0 aromatic rings. The second-order valence-electron chi connectivity index (χ2n) is 2.97. The molecule has 1 fully saturated rings. The van der Waals surface area contributed by atoms with Gasteiger partial charge in [-0.05, 0) is 6.92 Å². The van der Waals surface area contributed by atoms with Crippen LogP contribution in [0.4, 0.5) is 4.79 Å². The van der Waals surface area contributed by atoms with Crippen LogP contribution in [-0.4, -0.2) is 29.4 Å². The van der Waals surface area contributed by atoms with Crippen molar-refractivity contribution >= 4 is 12.1 Å². The molecule has 1 rings (SSSR count). The van der Waals surface area contributed by atoms with Crippen molar-refractivity contribution in [1.82, 2.24) is 0 Å². The Morgan fingerprint density at radius 3 is 2.77 bits per heavy atom. The number of carbonyl (C=O) groups excluding carboxylic acids is 1. The summed E-state index contributed by atoms with van der Waals surface area (Å²) in [4.78, 5) is 21.0. The number of carboxylic acids is 1. The lowest BCUT2D eigenvalue weighted by molar-refractivity contribution is -0.146. The fourth-order valence-corrected chi connectivity index (χ4v) is 1.08. The molecule has 1 aliphatic rings. The van der Waals surface area contributed by atoms with Crippen molar-refractivity contribution in [1.29, 1.82) is 0 Å². The Labute approximate surface area is 76.6 Å². The van der Waals surface area contributed by atoms with Crippen LogP contribution in [0, 0.1) is 0 Å². The number of ether oxygens (including phenoxy) is 2. The van der Waals surface area contributed by atoms with E-state index in [2.05, 4.69) is 4.74 Å². The van der Waals surface area contributed by atoms with E-state index in [9.17, 15) is 9.59 Å². The number of hydrogen-bond donors (Lipinski definition) is 1. The lowest BCUT2D eigenvalue weighted by Crippen LogP contribution is -2.40. The maximum Gasteiger partial charge on any atom is 0.508 e. The van der Waals surface area contributed by atoms with Gasteiger partial charge in [0.25, 0.3) is 0 Å². The third-order valence-corrected chi connectivity index (χ3v) is 1.71. The Bertz CT molecular complexity index is 209. The van der Waals surface area contributed by atoms with E-state index in [1.165, 1.54) is 0 Å². The van der Waals surface area contributed by atoms with Crippen LogP contribution in [-0.2, 0) is 14.3 Å². The molecule has 0 radical (unpaired) electrons. The fourth-order valence-electron chi connectivity index (χ4n) is 1.08. The molecule has 0 aromatic heterocycles. The summed E-state index contributed by atoms with van der Waals surface area (Å²) in [6, 6.07) is 0. The molecular formula is C8H14O5. The zero-order valence-electron chi connectivity index (χ0n) is 6.70. The minimum atomic E-state index is -0.979. The topological polar surface area (TPSA) is 72.8 Å². The van der Waals surface area contributed by atoms with Gasteiger partial charge in [0, 0.05) is 6.42 Å². The molecule has 0 amide bonds. The van der Waals surface area contributed by atoms with Gasteiger partial charge in [-0.3, -0.25) is 4.79 Å². The van der Waals surface area contributed by atoms with Crippen LogP contribution < -0.4 is 0 Å². The van der Waals surface area contributed by atoms with Gasteiger partial charge in [-0.15, -0.1) is 0 Å². The normalized spacial score (nSPS) is 26.7. The maximum atomic E-state index is 10.6. The van der Waals surface area contributed by atoms with Crippen LogP contribution in [0.5, 0.6) is 0 Å². The summed E-state index contributed by atoms with van der Waals surface area (Å²) in [6.07, 6.45) is -0.544. The predicted octanol–water partition coefficient (Wildman–Crippen LogP) is 1.41. The molecule has 5 heteroatoms. The van der Waals surface area contributed by atoms with Crippen molar-refractivity contribution in [3.63, 3.8) is 0 Å². The van der Waals surface area contributed by atoms with Crippen molar-refractivity contribution in [2.45, 2.75) is 32.8 Å². The highest BCUT2D eigenvalue weighted by molar-refractivity contribution is 5.69. The second kappa shape index (κ2) is 4.11. The van der Waals surface area contributed by atoms with Crippen molar-refractivity contribution in [2.24, 2.45) is 0 Å². The van der Waals surface area contributed by atoms with Crippen molar-refractivity contribution in [3.8, 4) is 0 Å². The predicted molar refractivity (Wildman–Crippen MR) is 44.4 cm³/mol. The molecular weight excluding hydrogens is 176 g/mol. The summed E-state index contributed by atoms with van der Waals surface area (Å²) < 4.78 is 9.24. The smallest absolute Gasteiger partial charge is 0.481 e. The lowest BCUT2D eigenvalue weighted by Gasteiger charge is -2.31. The Morgan fingerprint density at radius 1 is 1.69 bits per heavy atom. The molecule has 0 saturated carbocycles. The first-order valence-electron chi connectivity index (χ1n) is 3.59. The van der Waals surface area contributed by atoms with Crippen molar-refractivity contribution < 1.29 is 24.2 Å². The number of carbonyl (C=O) groups is 2. The number of cyclic esters (lactones) is 2. The second-order valence-corrected chi connectivity index (χ2v) is 2.97. The van der Waals surface area contributed by atoms with Gasteiger partial charge in [0.1, 0.15) is 5.60 Å². The van der Waals surface area contributed by atoms with E-state index in [0.29, 0.717) is 6.42 Å². The number of rotatable bonds is 2. The van der Waals surface area contributed by atoms with Crippen LogP contribution in [0.1, 0.15) is 27.2 Å². The summed E-state index contributed by atoms with van der Waals surface area (Å²) in [5.74, 6) is -0.979. The van der Waals surface area contributed by atoms with Crippen LogP contribution in [0.2, 0.25) is 0 Å². The van der Waals surface area contributed by atoms with Gasteiger partial charge in [-0.1, -0.05) is 7.43 Å². The molecule has 1 unspecified atom stereocenters. The van der Waals surface area contributed by atoms with E-state index < -0.39 is 17.7 Å². The average Bonchev–Trinajstić information content (AvgIpc) is 1.82. The molecule has 0 aromatic carbocycles. The highest BCUT2D eigenvalue weighted by atomic mass is 16.7. The average molecular weight is 190 g/mol. The van der Waals surface area contributed by atoms with Crippen LogP contribution >= 0.6 is 0 Å². The Balaban J connectivity index is 0.00000144. The van der Waals surface area contributed by atoms with E-state index in [1.807, 2.05) is 0 Å². The molecule has 0 aliphatic carbocycles. The highest BCUT2D eigenvalue weighted by Gasteiger charge is 2.36. The molecule has 1 saturated heterocycles. The van der Waals surface area contributed by atoms with Gasteiger partial charge < -0.3 is 14.6 Å². The quantitative estimate of drug-likeness (QED) is 0.666. The number of aliphatic carboxylic acids is 1. The SMILES string of the molecule is C.CC1(CC(=O)O)CCOC(=O)O1. The zero-order valence-corrected chi connectivity index (χ0v) is 6.70.